The maximum absolute atomic E-state index is 2.74. The molecule has 0 atom stereocenters. The number of benzene rings is 11. The van der Waals surface area contributed by atoms with Gasteiger partial charge in [-0.3, -0.25) is 0 Å². The normalized spacial score (nSPS) is 13.4. The van der Waals surface area contributed by atoms with Crippen molar-refractivity contribution in [1.82, 2.24) is 9.13 Å². The molecule has 78 heavy (non-hydrogen) atoms. The number of nitrogens with zero attached hydrogens (tertiary/aromatic N) is 4. The average Bonchev–Trinajstić information content (AvgIpc) is 4.13. The highest BCUT2D eigenvalue weighted by atomic mass is 15.3. The number of para-hydroxylation sites is 5. The molecule has 0 fully saturated rings. The minimum atomic E-state index is -0.698. The van der Waals surface area contributed by atoms with Crippen molar-refractivity contribution >= 4 is 66.4 Å². The van der Waals surface area contributed by atoms with Crippen LogP contribution in [0.25, 0.3) is 55.0 Å². The summed E-state index contributed by atoms with van der Waals surface area (Å²) < 4.78 is 4.79. The molecule has 0 aliphatic carbocycles. The van der Waals surface area contributed by atoms with E-state index in [1.165, 1.54) is 88.7 Å². The van der Waals surface area contributed by atoms with E-state index in [4.69, 9.17) is 0 Å². The Balaban J connectivity index is 1.01. The lowest BCUT2D eigenvalue weighted by molar-refractivity contribution is 0.613. The van der Waals surface area contributed by atoms with Crippen LogP contribution in [0, 0.1) is 6.04 Å². The minimum absolute atomic E-state index is 0.266. The predicted octanol–water partition coefficient (Wildman–Crippen LogP) is 19.3. The second-order valence-corrected chi connectivity index (χ2v) is 21.4. The van der Waals surface area contributed by atoms with Crippen LogP contribution in [0.3, 0.4) is 0 Å². The van der Waals surface area contributed by atoms with E-state index in [9.17, 15) is 0 Å². The van der Waals surface area contributed by atoms with Gasteiger partial charge in [0.25, 0.3) is 0 Å². The first kappa shape index (κ1) is 47.1. The van der Waals surface area contributed by atoms with E-state index in [1.807, 2.05) is 0 Å². The molecule has 0 N–H and O–H groups in total. The van der Waals surface area contributed by atoms with Crippen LogP contribution < -0.4 is 9.80 Å². The third kappa shape index (κ3) is 7.35. The Hall–Kier alpha value is -9.38. The van der Waals surface area contributed by atoms with Crippen LogP contribution in [0.1, 0.15) is 78.5 Å². The van der Waals surface area contributed by atoms with Gasteiger partial charge in [0, 0.05) is 55.7 Å². The minimum Gasteiger partial charge on any atom is -0.336 e. The van der Waals surface area contributed by atoms with Crippen molar-refractivity contribution in [2.45, 2.75) is 45.1 Å². The van der Waals surface area contributed by atoms with Gasteiger partial charge in [0.15, 0.2) is 0 Å². The fourth-order valence-corrected chi connectivity index (χ4v) is 13.0. The molecule has 0 spiro atoms. The van der Waals surface area contributed by atoms with E-state index in [1.54, 1.807) is 0 Å². The van der Waals surface area contributed by atoms with Crippen LogP contribution in [0.2, 0.25) is 0 Å². The summed E-state index contributed by atoms with van der Waals surface area (Å²) in [6.07, 6.45) is 0. The van der Waals surface area contributed by atoms with E-state index in [0.717, 1.165) is 34.0 Å². The van der Waals surface area contributed by atoms with Gasteiger partial charge < -0.3 is 18.9 Å². The molecule has 0 amide bonds. The van der Waals surface area contributed by atoms with Gasteiger partial charge >= 0.3 is 0 Å². The largest absolute Gasteiger partial charge is 0.336 e. The maximum atomic E-state index is 2.74. The molecular weight excluding hydrogens is 945 g/mol. The molecule has 0 saturated heterocycles. The van der Waals surface area contributed by atoms with Gasteiger partial charge in [0.05, 0.1) is 22.1 Å². The summed E-state index contributed by atoms with van der Waals surface area (Å²) in [6.45, 7) is 9.37. The number of rotatable bonds is 11. The average molecular weight is 1000 g/mol. The summed E-state index contributed by atoms with van der Waals surface area (Å²) in [5.74, 6) is 0.531. The summed E-state index contributed by atoms with van der Waals surface area (Å²) in [6, 6.07) is 102. The Labute approximate surface area is 457 Å². The van der Waals surface area contributed by atoms with E-state index >= 15 is 0 Å². The number of anilines is 4. The molecule has 0 saturated carbocycles. The summed E-state index contributed by atoms with van der Waals surface area (Å²) in [4.78, 5) is 5.20. The highest BCUT2D eigenvalue weighted by Gasteiger charge is 2.55. The lowest BCUT2D eigenvalue weighted by Crippen LogP contribution is -2.46. The molecule has 0 unspecified atom stereocenters. The summed E-state index contributed by atoms with van der Waals surface area (Å²) in [5.41, 5.74) is 19.5. The summed E-state index contributed by atoms with van der Waals surface area (Å²) in [5, 5.41) is 4.84. The molecule has 13 aromatic rings. The standard InChI is InChI=1S/C74H59N4/c1-50(2)60-35-23-36-61(51(3)4)73(60)78-72(64-34-17-20-37-67(64)74(78,53-24-9-5-10-25-53)54-26-11-6-12-27-54)52-40-42-57(43-41-52)75(58-44-46-70-65(48-58)62-32-18-21-38-68(62)76(70)55-28-13-7-14-29-55)59-45-47-71-66(49-59)63-33-19-22-39-69(63)77(71)56-30-15-8-16-31-56/h5-51H,1-4H3. The third-order valence-electron chi connectivity index (χ3n) is 16.3. The van der Waals surface area contributed by atoms with Gasteiger partial charge in [0.1, 0.15) is 11.6 Å². The van der Waals surface area contributed by atoms with Crippen molar-refractivity contribution in [2.75, 3.05) is 9.80 Å². The van der Waals surface area contributed by atoms with E-state index < -0.39 is 5.54 Å². The molecule has 4 heteroatoms. The highest BCUT2D eigenvalue weighted by Crippen LogP contribution is 2.59. The quantitative estimate of drug-likeness (QED) is 0.128. The van der Waals surface area contributed by atoms with Crippen molar-refractivity contribution < 1.29 is 0 Å². The molecule has 4 nitrogen and oxygen atoms in total. The predicted molar refractivity (Wildman–Crippen MR) is 328 cm³/mol. The number of hydrogen-bond acceptors (Lipinski definition) is 2. The Morgan fingerprint density at radius 1 is 0.346 bits per heavy atom. The topological polar surface area (TPSA) is 16.3 Å². The summed E-state index contributed by atoms with van der Waals surface area (Å²) >= 11 is 0. The van der Waals surface area contributed by atoms with Gasteiger partial charge in [-0.15, -0.1) is 0 Å². The van der Waals surface area contributed by atoms with Gasteiger partial charge in [-0.05, 0) is 136 Å². The van der Waals surface area contributed by atoms with Gasteiger partial charge in [-0.2, -0.15) is 0 Å². The first-order chi connectivity index (χ1) is 38.4. The van der Waals surface area contributed by atoms with Crippen LogP contribution in [0.15, 0.2) is 273 Å². The lowest BCUT2D eigenvalue weighted by atomic mass is 9.76. The van der Waals surface area contributed by atoms with E-state index in [-0.39, 0.29) is 11.8 Å². The molecule has 11 aromatic carbocycles. The zero-order valence-electron chi connectivity index (χ0n) is 44.4. The van der Waals surface area contributed by atoms with E-state index in [0.29, 0.717) is 0 Å². The van der Waals surface area contributed by atoms with Crippen LogP contribution in [0.4, 0.5) is 22.7 Å². The lowest BCUT2D eigenvalue weighted by Gasteiger charge is -2.46. The van der Waals surface area contributed by atoms with Crippen molar-refractivity contribution in [3.05, 3.63) is 318 Å². The van der Waals surface area contributed by atoms with Crippen molar-refractivity contribution in [3.63, 3.8) is 0 Å². The number of fused-ring (bicyclic) bond motifs is 7. The van der Waals surface area contributed by atoms with E-state index in [2.05, 4.69) is 320 Å². The second-order valence-electron chi connectivity index (χ2n) is 21.4. The monoisotopic (exact) mass is 1000 g/mol. The van der Waals surface area contributed by atoms with Crippen LogP contribution in [0.5, 0.6) is 0 Å². The van der Waals surface area contributed by atoms with Crippen molar-refractivity contribution in [3.8, 4) is 11.4 Å². The van der Waals surface area contributed by atoms with Crippen LogP contribution >= 0.6 is 0 Å². The Morgan fingerprint density at radius 2 is 0.756 bits per heavy atom. The summed E-state index contributed by atoms with van der Waals surface area (Å²) in [7, 11) is 0. The first-order valence-corrected chi connectivity index (χ1v) is 27.5. The molecule has 3 heterocycles. The first-order valence-electron chi connectivity index (χ1n) is 27.5. The van der Waals surface area contributed by atoms with Gasteiger partial charge in [-0.1, -0.05) is 216 Å². The van der Waals surface area contributed by atoms with Crippen molar-refractivity contribution in [1.29, 1.82) is 0 Å². The zero-order chi connectivity index (χ0) is 52.5. The smallest absolute Gasteiger partial charge is 0.124 e. The molecule has 1 aliphatic heterocycles. The Bertz CT molecular complexity index is 4100. The molecular formula is C74H59N4. The SMILES string of the molecule is CC(C)c1cccc(C(C)C)c1N1[C](c2ccc(N(c3ccc4c(c3)c3ccccc3n4-c3ccccc3)c3ccc4c(c3)c3ccccc3n4-c3ccccc3)cc2)c2ccccc2C1(c1ccccc1)c1ccccc1. The second kappa shape index (κ2) is 19.0. The maximum Gasteiger partial charge on any atom is 0.124 e. The third-order valence-corrected chi connectivity index (χ3v) is 16.3. The molecule has 2 aromatic heterocycles. The fraction of sp³-hybridized carbons (Fsp3) is 0.0946. The van der Waals surface area contributed by atoms with Crippen molar-refractivity contribution in [2.24, 2.45) is 0 Å². The molecule has 1 radical (unpaired) electrons. The fourth-order valence-electron chi connectivity index (χ4n) is 13.0. The molecule has 0 bridgehead atoms. The highest BCUT2D eigenvalue weighted by molar-refractivity contribution is 6.12. The molecule has 375 valence electrons. The van der Waals surface area contributed by atoms with Gasteiger partial charge in [-0.25, -0.2) is 0 Å². The Kier molecular flexibility index (Phi) is 11.5. The zero-order valence-corrected chi connectivity index (χ0v) is 44.4. The Morgan fingerprint density at radius 3 is 1.24 bits per heavy atom. The number of aromatic nitrogens is 2. The van der Waals surface area contributed by atoms with Crippen LogP contribution in [-0.4, -0.2) is 9.13 Å². The van der Waals surface area contributed by atoms with Gasteiger partial charge in [0.2, 0.25) is 0 Å². The molecule has 14 rings (SSSR count). The molecule has 1 aliphatic rings. The number of hydrogen-bond donors (Lipinski definition) is 0. The van der Waals surface area contributed by atoms with Crippen LogP contribution in [-0.2, 0) is 5.54 Å².